The summed E-state index contributed by atoms with van der Waals surface area (Å²) in [5.41, 5.74) is 2.76. The quantitative estimate of drug-likeness (QED) is 0.622. The van der Waals surface area contributed by atoms with E-state index >= 15 is 0 Å². The molecule has 1 aliphatic heterocycles. The SMILES string of the molecule is CC(C)c1ccc2n1CCOC2. The van der Waals surface area contributed by atoms with Crippen molar-refractivity contribution in [2.45, 2.75) is 32.9 Å². The van der Waals surface area contributed by atoms with Gasteiger partial charge < -0.3 is 9.30 Å². The van der Waals surface area contributed by atoms with Crippen LogP contribution in [0.1, 0.15) is 31.2 Å². The first-order valence-corrected chi connectivity index (χ1v) is 4.55. The molecule has 0 unspecified atom stereocenters. The molecule has 0 N–H and O–H groups in total. The van der Waals surface area contributed by atoms with Crippen molar-refractivity contribution in [3.8, 4) is 0 Å². The van der Waals surface area contributed by atoms with Gasteiger partial charge in [0.1, 0.15) is 0 Å². The molecule has 1 aromatic heterocycles. The average molecular weight is 165 g/mol. The highest BCUT2D eigenvalue weighted by Gasteiger charge is 2.13. The molecule has 0 atom stereocenters. The summed E-state index contributed by atoms with van der Waals surface area (Å²) in [5.74, 6) is 0.622. The van der Waals surface area contributed by atoms with Crippen LogP contribution in [0.2, 0.25) is 0 Å². The second-order valence-electron chi connectivity index (χ2n) is 3.61. The van der Waals surface area contributed by atoms with Gasteiger partial charge in [-0.25, -0.2) is 0 Å². The molecule has 0 saturated carbocycles. The van der Waals surface area contributed by atoms with Gasteiger partial charge in [-0.2, -0.15) is 0 Å². The Morgan fingerprint density at radius 1 is 1.42 bits per heavy atom. The Morgan fingerprint density at radius 3 is 3.00 bits per heavy atom. The van der Waals surface area contributed by atoms with Crippen LogP contribution in [0.4, 0.5) is 0 Å². The highest BCUT2D eigenvalue weighted by atomic mass is 16.5. The monoisotopic (exact) mass is 165 g/mol. The summed E-state index contributed by atoms with van der Waals surface area (Å²) in [4.78, 5) is 0. The van der Waals surface area contributed by atoms with E-state index in [1.54, 1.807) is 0 Å². The summed E-state index contributed by atoms with van der Waals surface area (Å²) in [6.45, 7) is 7.14. The maximum Gasteiger partial charge on any atom is 0.0868 e. The Bertz CT molecular complexity index is 275. The Labute approximate surface area is 73.1 Å². The molecule has 0 radical (unpaired) electrons. The van der Waals surface area contributed by atoms with Crippen LogP contribution in [0, 0.1) is 0 Å². The topological polar surface area (TPSA) is 14.2 Å². The van der Waals surface area contributed by atoms with Crippen LogP contribution in [0.3, 0.4) is 0 Å². The van der Waals surface area contributed by atoms with Crippen molar-refractivity contribution in [2.75, 3.05) is 6.61 Å². The first kappa shape index (κ1) is 7.87. The molecule has 1 aromatic rings. The third-order valence-electron chi connectivity index (χ3n) is 2.41. The summed E-state index contributed by atoms with van der Waals surface area (Å²) in [7, 11) is 0. The second kappa shape index (κ2) is 2.94. The molecule has 2 rings (SSSR count). The summed E-state index contributed by atoms with van der Waals surface area (Å²) < 4.78 is 7.75. The largest absolute Gasteiger partial charge is 0.373 e. The first-order chi connectivity index (χ1) is 5.79. The third kappa shape index (κ3) is 1.16. The van der Waals surface area contributed by atoms with Gasteiger partial charge in [-0.15, -0.1) is 0 Å². The minimum Gasteiger partial charge on any atom is -0.373 e. The molecule has 12 heavy (non-hydrogen) atoms. The fourth-order valence-corrected chi connectivity index (χ4v) is 1.76. The zero-order valence-electron chi connectivity index (χ0n) is 7.71. The zero-order valence-corrected chi connectivity index (χ0v) is 7.71. The third-order valence-corrected chi connectivity index (χ3v) is 2.41. The van der Waals surface area contributed by atoms with E-state index in [1.807, 2.05) is 0 Å². The molecule has 0 bridgehead atoms. The maximum atomic E-state index is 5.37. The predicted octanol–water partition coefficient (Wildman–Crippen LogP) is 2.14. The lowest BCUT2D eigenvalue weighted by Crippen LogP contribution is -2.18. The van der Waals surface area contributed by atoms with Crippen molar-refractivity contribution in [3.63, 3.8) is 0 Å². The molecule has 0 aromatic carbocycles. The lowest BCUT2D eigenvalue weighted by Gasteiger charge is -2.19. The number of ether oxygens (including phenoxy) is 1. The lowest BCUT2D eigenvalue weighted by atomic mass is 10.1. The van der Waals surface area contributed by atoms with E-state index in [0.717, 1.165) is 19.8 Å². The van der Waals surface area contributed by atoms with Crippen LogP contribution < -0.4 is 0 Å². The van der Waals surface area contributed by atoms with Gasteiger partial charge in [-0.1, -0.05) is 13.8 Å². The van der Waals surface area contributed by atoms with Crippen LogP contribution in [0.25, 0.3) is 0 Å². The number of aromatic nitrogens is 1. The van der Waals surface area contributed by atoms with Gasteiger partial charge in [-0.3, -0.25) is 0 Å². The van der Waals surface area contributed by atoms with Crippen LogP contribution in [0.15, 0.2) is 12.1 Å². The number of fused-ring (bicyclic) bond motifs is 1. The van der Waals surface area contributed by atoms with Crippen LogP contribution in [-0.2, 0) is 17.9 Å². The van der Waals surface area contributed by atoms with Gasteiger partial charge in [0.15, 0.2) is 0 Å². The van der Waals surface area contributed by atoms with Crippen LogP contribution in [0.5, 0.6) is 0 Å². The molecular weight excluding hydrogens is 150 g/mol. The summed E-state index contributed by atoms with van der Waals surface area (Å²) in [5, 5.41) is 0. The van der Waals surface area contributed by atoms with Crippen molar-refractivity contribution in [1.82, 2.24) is 4.57 Å². The Kier molecular flexibility index (Phi) is 1.93. The summed E-state index contributed by atoms with van der Waals surface area (Å²) in [6.07, 6.45) is 0. The minimum atomic E-state index is 0.622. The Morgan fingerprint density at radius 2 is 2.25 bits per heavy atom. The molecule has 0 amide bonds. The van der Waals surface area contributed by atoms with E-state index in [-0.39, 0.29) is 0 Å². The molecule has 1 aliphatic rings. The molecule has 0 saturated heterocycles. The lowest BCUT2D eigenvalue weighted by molar-refractivity contribution is 0.0837. The summed E-state index contributed by atoms with van der Waals surface area (Å²) in [6, 6.07) is 4.39. The number of nitrogens with zero attached hydrogens (tertiary/aromatic N) is 1. The number of hydrogen-bond acceptors (Lipinski definition) is 1. The van der Waals surface area contributed by atoms with Gasteiger partial charge in [0.25, 0.3) is 0 Å². The normalized spacial score (nSPS) is 16.6. The van der Waals surface area contributed by atoms with E-state index in [9.17, 15) is 0 Å². The molecule has 66 valence electrons. The molecule has 2 heteroatoms. The van der Waals surface area contributed by atoms with E-state index in [4.69, 9.17) is 4.74 Å². The number of hydrogen-bond donors (Lipinski definition) is 0. The molecule has 2 nitrogen and oxygen atoms in total. The Hall–Kier alpha value is -0.760. The van der Waals surface area contributed by atoms with Gasteiger partial charge in [-0.05, 0) is 18.1 Å². The minimum absolute atomic E-state index is 0.622. The van der Waals surface area contributed by atoms with E-state index in [2.05, 4.69) is 30.5 Å². The predicted molar refractivity (Wildman–Crippen MR) is 48.2 cm³/mol. The standard InChI is InChI=1S/C10H15NO/c1-8(2)10-4-3-9-7-12-6-5-11(9)10/h3-4,8H,5-7H2,1-2H3. The van der Waals surface area contributed by atoms with Crippen molar-refractivity contribution < 1.29 is 4.74 Å². The smallest absolute Gasteiger partial charge is 0.0868 e. The molecule has 0 aliphatic carbocycles. The first-order valence-electron chi connectivity index (χ1n) is 4.55. The van der Waals surface area contributed by atoms with Gasteiger partial charge in [0, 0.05) is 17.9 Å². The highest BCUT2D eigenvalue weighted by Crippen LogP contribution is 2.21. The molecule has 2 heterocycles. The van der Waals surface area contributed by atoms with Crippen LogP contribution >= 0.6 is 0 Å². The van der Waals surface area contributed by atoms with Gasteiger partial charge >= 0.3 is 0 Å². The van der Waals surface area contributed by atoms with Crippen LogP contribution in [-0.4, -0.2) is 11.2 Å². The fraction of sp³-hybridized carbons (Fsp3) is 0.600. The van der Waals surface area contributed by atoms with E-state index < -0.39 is 0 Å². The van der Waals surface area contributed by atoms with Crippen molar-refractivity contribution >= 4 is 0 Å². The van der Waals surface area contributed by atoms with E-state index in [0.29, 0.717) is 5.92 Å². The Balaban J connectivity index is 2.38. The number of rotatable bonds is 1. The van der Waals surface area contributed by atoms with Crippen molar-refractivity contribution in [3.05, 3.63) is 23.5 Å². The van der Waals surface area contributed by atoms with E-state index in [1.165, 1.54) is 11.4 Å². The molecule has 0 spiro atoms. The molecular formula is C10H15NO. The van der Waals surface area contributed by atoms with Gasteiger partial charge in [0.05, 0.1) is 13.2 Å². The van der Waals surface area contributed by atoms with Crippen molar-refractivity contribution in [2.24, 2.45) is 0 Å². The van der Waals surface area contributed by atoms with Gasteiger partial charge in [0.2, 0.25) is 0 Å². The summed E-state index contributed by atoms with van der Waals surface area (Å²) >= 11 is 0. The zero-order chi connectivity index (χ0) is 8.55. The average Bonchev–Trinajstić information content (AvgIpc) is 2.47. The molecule has 0 fully saturated rings. The maximum absolute atomic E-state index is 5.37. The fourth-order valence-electron chi connectivity index (χ4n) is 1.76. The highest BCUT2D eigenvalue weighted by molar-refractivity contribution is 5.19. The van der Waals surface area contributed by atoms with Crippen molar-refractivity contribution in [1.29, 1.82) is 0 Å². The second-order valence-corrected chi connectivity index (χ2v) is 3.61.